The summed E-state index contributed by atoms with van der Waals surface area (Å²) >= 11 is 0. The van der Waals surface area contributed by atoms with Crippen LogP contribution in [-0.2, 0) is 21.7 Å². The van der Waals surface area contributed by atoms with Crippen LogP contribution < -0.4 is 26.2 Å². The van der Waals surface area contributed by atoms with Crippen LogP contribution in [0.5, 0.6) is 0 Å². The Bertz CT molecular complexity index is 2340. The Morgan fingerprint density at radius 1 is 0.482 bits per heavy atom. The molecular weight excluding hydrogens is 675 g/mol. The zero-order valence-electron chi connectivity index (χ0n) is 36.3. The fourth-order valence-electron chi connectivity index (χ4n) is 10.6. The molecule has 2 heterocycles. The zero-order valence-corrected chi connectivity index (χ0v) is 36.3. The van der Waals surface area contributed by atoms with Crippen molar-refractivity contribution < 1.29 is 0 Å². The van der Waals surface area contributed by atoms with Gasteiger partial charge in [-0.25, -0.2) is 0 Å². The van der Waals surface area contributed by atoms with Crippen LogP contribution in [0.25, 0.3) is 11.1 Å². The van der Waals surface area contributed by atoms with Crippen molar-refractivity contribution in [2.75, 3.05) is 9.80 Å². The molecule has 2 saturated carbocycles. The molecule has 0 N–H and O–H groups in total. The molecule has 4 aliphatic rings. The standard InChI is InChI=1S/C53H63BN2/c1-50(2,3)36-20-23-43(40(28-36)34-16-14-13-15-17-34)55-44-24-21-37(51(4,5)6)29-41(44)54-42-30-38(52(7,8)9)22-25-45(42)56(46-27-33-18-19-35(46)26-33)48-32-39(53(10,11)12)31-47(55)49(48)54/h13-17,20-25,28-33,35,46H,18-19,26-27H2,1-12H3. The van der Waals surface area contributed by atoms with Gasteiger partial charge in [0, 0.05) is 34.4 Å². The van der Waals surface area contributed by atoms with E-state index in [4.69, 9.17) is 0 Å². The summed E-state index contributed by atoms with van der Waals surface area (Å²) in [4.78, 5) is 5.56. The fraction of sp³-hybridized carbons (Fsp3) is 0.434. The molecule has 56 heavy (non-hydrogen) atoms. The van der Waals surface area contributed by atoms with E-state index in [-0.39, 0.29) is 28.4 Å². The molecule has 3 unspecified atom stereocenters. The Morgan fingerprint density at radius 3 is 1.57 bits per heavy atom. The van der Waals surface area contributed by atoms with E-state index in [9.17, 15) is 0 Å². The van der Waals surface area contributed by atoms with Crippen LogP contribution in [0.4, 0.5) is 28.4 Å². The maximum atomic E-state index is 2.88. The molecule has 0 radical (unpaired) electrons. The van der Waals surface area contributed by atoms with E-state index in [1.165, 1.54) is 104 Å². The molecule has 0 amide bonds. The van der Waals surface area contributed by atoms with Crippen molar-refractivity contribution in [3.05, 3.63) is 119 Å². The molecule has 5 aromatic rings. The Balaban J connectivity index is 1.41. The van der Waals surface area contributed by atoms with Crippen molar-refractivity contribution in [1.82, 2.24) is 0 Å². The molecule has 288 valence electrons. The summed E-state index contributed by atoms with van der Waals surface area (Å²) in [6.45, 7) is 28.6. The summed E-state index contributed by atoms with van der Waals surface area (Å²) in [5.41, 5.74) is 19.3. The van der Waals surface area contributed by atoms with E-state index in [2.05, 4.69) is 190 Å². The lowest BCUT2D eigenvalue weighted by atomic mass is 9.33. The first-order valence-corrected chi connectivity index (χ1v) is 21.6. The molecule has 3 atom stereocenters. The van der Waals surface area contributed by atoms with E-state index in [0.717, 1.165) is 11.8 Å². The van der Waals surface area contributed by atoms with E-state index < -0.39 is 0 Å². The molecule has 9 rings (SSSR count). The van der Waals surface area contributed by atoms with Crippen LogP contribution in [0, 0.1) is 11.8 Å². The van der Waals surface area contributed by atoms with Gasteiger partial charge in [-0.1, -0.05) is 150 Å². The average Bonchev–Trinajstić information content (AvgIpc) is 3.77. The number of hydrogen-bond acceptors (Lipinski definition) is 2. The molecule has 2 bridgehead atoms. The highest BCUT2D eigenvalue weighted by Crippen LogP contribution is 2.53. The predicted molar refractivity (Wildman–Crippen MR) is 244 cm³/mol. The minimum Gasteiger partial charge on any atom is -0.339 e. The van der Waals surface area contributed by atoms with Crippen molar-refractivity contribution >= 4 is 51.5 Å². The van der Waals surface area contributed by atoms with Gasteiger partial charge in [0.2, 0.25) is 0 Å². The van der Waals surface area contributed by atoms with Gasteiger partial charge in [0.05, 0.1) is 5.69 Å². The van der Waals surface area contributed by atoms with Crippen molar-refractivity contribution in [2.45, 2.75) is 136 Å². The Hall–Kier alpha value is -4.24. The predicted octanol–water partition coefficient (Wildman–Crippen LogP) is 12.5. The molecule has 2 nitrogen and oxygen atoms in total. The number of anilines is 5. The topological polar surface area (TPSA) is 6.48 Å². The summed E-state index contributed by atoms with van der Waals surface area (Å²) in [6.07, 6.45) is 5.43. The van der Waals surface area contributed by atoms with Crippen molar-refractivity contribution in [2.24, 2.45) is 11.8 Å². The summed E-state index contributed by atoms with van der Waals surface area (Å²) < 4.78 is 0. The van der Waals surface area contributed by atoms with Gasteiger partial charge < -0.3 is 9.80 Å². The first-order chi connectivity index (χ1) is 26.3. The number of fused-ring (bicyclic) bond motifs is 6. The molecule has 5 aromatic carbocycles. The van der Waals surface area contributed by atoms with Gasteiger partial charge in [0.15, 0.2) is 0 Å². The van der Waals surface area contributed by atoms with Crippen molar-refractivity contribution in [3.8, 4) is 11.1 Å². The number of nitrogens with zero attached hydrogens (tertiary/aromatic N) is 2. The fourth-order valence-corrected chi connectivity index (χ4v) is 10.6. The first kappa shape index (κ1) is 37.3. The van der Waals surface area contributed by atoms with Crippen LogP contribution in [-0.4, -0.2) is 12.8 Å². The SMILES string of the molecule is CC(C)(C)c1ccc2c(c1)B1c3cc(C(C)(C)C)ccc3N(C3CC4CCC3C4)c3cc(C(C)(C)C)cc(c31)N2c1ccc(C(C)(C)C)cc1-c1ccccc1. The molecule has 2 fully saturated rings. The van der Waals surface area contributed by atoms with Crippen LogP contribution in [0.2, 0.25) is 0 Å². The lowest BCUT2D eigenvalue weighted by Crippen LogP contribution is -2.63. The van der Waals surface area contributed by atoms with Gasteiger partial charge in [-0.3, -0.25) is 0 Å². The number of hydrogen-bond donors (Lipinski definition) is 0. The second kappa shape index (κ2) is 12.6. The molecule has 2 aliphatic heterocycles. The Morgan fingerprint density at radius 2 is 1.02 bits per heavy atom. The van der Waals surface area contributed by atoms with Crippen molar-refractivity contribution in [3.63, 3.8) is 0 Å². The minimum atomic E-state index is -0.0296. The van der Waals surface area contributed by atoms with Gasteiger partial charge in [-0.05, 0) is 133 Å². The van der Waals surface area contributed by atoms with Crippen LogP contribution >= 0.6 is 0 Å². The van der Waals surface area contributed by atoms with Gasteiger partial charge in [-0.15, -0.1) is 0 Å². The molecule has 2 aliphatic carbocycles. The Labute approximate surface area is 338 Å². The van der Waals surface area contributed by atoms with E-state index in [1.54, 1.807) is 0 Å². The van der Waals surface area contributed by atoms with Crippen molar-refractivity contribution in [1.29, 1.82) is 0 Å². The van der Waals surface area contributed by atoms with Gasteiger partial charge in [-0.2, -0.15) is 0 Å². The number of benzene rings is 5. The van der Waals surface area contributed by atoms with Gasteiger partial charge in [0.25, 0.3) is 6.71 Å². The molecular formula is C53H63BN2. The smallest absolute Gasteiger partial charge is 0.252 e. The van der Waals surface area contributed by atoms with Crippen LogP contribution in [0.15, 0.2) is 97.1 Å². The first-order valence-electron chi connectivity index (χ1n) is 21.6. The van der Waals surface area contributed by atoms with Crippen LogP contribution in [0.1, 0.15) is 131 Å². The summed E-state index contributed by atoms with van der Waals surface area (Å²) in [5.74, 6) is 1.60. The normalized spacial score (nSPS) is 20.3. The molecule has 0 spiro atoms. The maximum Gasteiger partial charge on any atom is 0.252 e. The molecule has 0 aromatic heterocycles. The summed E-state index contributed by atoms with van der Waals surface area (Å²) in [6, 6.07) is 39.2. The number of rotatable bonds is 3. The second-order valence-electron chi connectivity index (χ2n) is 22.0. The van der Waals surface area contributed by atoms with Crippen LogP contribution in [0.3, 0.4) is 0 Å². The zero-order chi connectivity index (χ0) is 39.7. The highest BCUT2D eigenvalue weighted by molar-refractivity contribution is 7.00. The van der Waals surface area contributed by atoms with E-state index >= 15 is 0 Å². The third-order valence-electron chi connectivity index (χ3n) is 13.9. The third-order valence-corrected chi connectivity index (χ3v) is 13.9. The molecule has 3 heteroatoms. The highest BCUT2D eigenvalue weighted by Gasteiger charge is 2.50. The quantitative estimate of drug-likeness (QED) is 0.167. The van der Waals surface area contributed by atoms with E-state index in [0.29, 0.717) is 6.04 Å². The highest BCUT2D eigenvalue weighted by atomic mass is 15.2. The van der Waals surface area contributed by atoms with Gasteiger partial charge >= 0.3 is 0 Å². The second-order valence-corrected chi connectivity index (χ2v) is 22.0. The maximum absolute atomic E-state index is 2.88. The minimum absolute atomic E-state index is 0.0164. The summed E-state index contributed by atoms with van der Waals surface area (Å²) in [7, 11) is 0. The lowest BCUT2D eigenvalue weighted by Gasteiger charge is -2.48. The largest absolute Gasteiger partial charge is 0.339 e. The summed E-state index contributed by atoms with van der Waals surface area (Å²) in [5, 5.41) is 0. The third kappa shape index (κ3) is 6.06. The Kier molecular flexibility index (Phi) is 8.42. The molecule has 0 saturated heterocycles. The lowest BCUT2D eigenvalue weighted by molar-refractivity contribution is 0.413. The van der Waals surface area contributed by atoms with Gasteiger partial charge in [0.1, 0.15) is 0 Å². The average molecular weight is 739 g/mol. The van der Waals surface area contributed by atoms with E-state index in [1.807, 2.05) is 0 Å². The monoisotopic (exact) mass is 739 g/mol.